The standard InChI is InChI=1S/C20H19N3O2/c1-22-8-6-17(14-22)16-7-9-23-19(13-21-20(23)12-16)15-2-4-18(5-3-15)25-11-10-24/h2-9,12-14,24H,10-11H2,1H3. The Morgan fingerprint density at radius 2 is 1.80 bits per heavy atom. The van der Waals surface area contributed by atoms with Crippen LogP contribution in [-0.4, -0.2) is 32.3 Å². The van der Waals surface area contributed by atoms with E-state index in [1.807, 2.05) is 48.3 Å². The molecule has 0 saturated heterocycles. The smallest absolute Gasteiger partial charge is 0.137 e. The molecular formula is C20H19N3O2. The number of rotatable bonds is 5. The molecule has 3 aromatic heterocycles. The van der Waals surface area contributed by atoms with Gasteiger partial charge in [-0.05, 0) is 53.6 Å². The van der Waals surface area contributed by atoms with Gasteiger partial charge in [-0.1, -0.05) is 0 Å². The monoisotopic (exact) mass is 333 g/mol. The number of ether oxygens (including phenoxy) is 1. The second kappa shape index (κ2) is 6.45. The Kier molecular flexibility index (Phi) is 3.99. The second-order valence-electron chi connectivity index (χ2n) is 5.95. The number of aliphatic hydroxyl groups excluding tert-OH is 1. The number of hydrogen-bond donors (Lipinski definition) is 1. The normalized spacial score (nSPS) is 11.1. The van der Waals surface area contributed by atoms with Crippen molar-refractivity contribution in [3.8, 4) is 28.1 Å². The van der Waals surface area contributed by atoms with Crippen molar-refractivity contribution in [2.75, 3.05) is 13.2 Å². The molecule has 5 nitrogen and oxygen atoms in total. The first-order valence-corrected chi connectivity index (χ1v) is 8.18. The van der Waals surface area contributed by atoms with Crippen LogP contribution in [0.4, 0.5) is 0 Å². The van der Waals surface area contributed by atoms with Crippen molar-refractivity contribution in [1.29, 1.82) is 0 Å². The number of hydrogen-bond acceptors (Lipinski definition) is 3. The Hall–Kier alpha value is -3.05. The van der Waals surface area contributed by atoms with Gasteiger partial charge in [0, 0.05) is 31.2 Å². The largest absolute Gasteiger partial charge is 0.491 e. The predicted octanol–water partition coefficient (Wildman–Crippen LogP) is 3.38. The van der Waals surface area contributed by atoms with Gasteiger partial charge in [0.05, 0.1) is 18.5 Å². The highest BCUT2D eigenvalue weighted by molar-refractivity contribution is 5.70. The van der Waals surface area contributed by atoms with E-state index in [1.165, 1.54) is 5.56 Å². The highest BCUT2D eigenvalue weighted by atomic mass is 16.5. The maximum Gasteiger partial charge on any atom is 0.137 e. The van der Waals surface area contributed by atoms with Crippen LogP contribution in [0.3, 0.4) is 0 Å². The predicted molar refractivity (Wildman–Crippen MR) is 97.6 cm³/mol. The van der Waals surface area contributed by atoms with Crippen molar-refractivity contribution >= 4 is 5.65 Å². The number of aryl methyl sites for hydroxylation is 1. The molecule has 1 N–H and O–H groups in total. The summed E-state index contributed by atoms with van der Waals surface area (Å²) < 4.78 is 9.53. The maximum absolute atomic E-state index is 8.82. The van der Waals surface area contributed by atoms with Crippen LogP contribution in [0.15, 0.2) is 67.3 Å². The highest BCUT2D eigenvalue weighted by Crippen LogP contribution is 2.26. The van der Waals surface area contributed by atoms with Gasteiger partial charge in [-0.2, -0.15) is 0 Å². The van der Waals surface area contributed by atoms with Gasteiger partial charge < -0.3 is 14.4 Å². The molecule has 0 radical (unpaired) electrons. The Labute approximate surface area is 145 Å². The molecule has 0 spiro atoms. The zero-order chi connectivity index (χ0) is 17.2. The molecule has 0 unspecified atom stereocenters. The number of nitrogens with zero attached hydrogens (tertiary/aromatic N) is 3. The summed E-state index contributed by atoms with van der Waals surface area (Å²) in [6.07, 6.45) is 8.07. The van der Waals surface area contributed by atoms with Gasteiger partial charge in [-0.25, -0.2) is 4.98 Å². The molecule has 5 heteroatoms. The van der Waals surface area contributed by atoms with Crippen LogP contribution in [0.1, 0.15) is 0 Å². The quantitative estimate of drug-likeness (QED) is 0.609. The van der Waals surface area contributed by atoms with E-state index in [1.54, 1.807) is 0 Å². The van der Waals surface area contributed by atoms with Crippen LogP contribution in [0.2, 0.25) is 0 Å². The van der Waals surface area contributed by atoms with Crippen LogP contribution >= 0.6 is 0 Å². The molecule has 0 aliphatic heterocycles. The van der Waals surface area contributed by atoms with Crippen LogP contribution < -0.4 is 4.74 Å². The molecule has 4 rings (SSSR count). The summed E-state index contributed by atoms with van der Waals surface area (Å²) in [5.74, 6) is 0.748. The number of aromatic nitrogens is 3. The highest BCUT2D eigenvalue weighted by Gasteiger charge is 2.08. The summed E-state index contributed by atoms with van der Waals surface area (Å²) in [4.78, 5) is 4.55. The van der Waals surface area contributed by atoms with E-state index in [0.29, 0.717) is 6.61 Å². The maximum atomic E-state index is 8.82. The van der Waals surface area contributed by atoms with E-state index in [9.17, 15) is 0 Å². The average Bonchev–Trinajstić information content (AvgIpc) is 3.26. The lowest BCUT2D eigenvalue weighted by molar-refractivity contribution is 0.201. The van der Waals surface area contributed by atoms with E-state index >= 15 is 0 Å². The van der Waals surface area contributed by atoms with Crippen molar-refractivity contribution in [2.24, 2.45) is 7.05 Å². The van der Waals surface area contributed by atoms with Gasteiger partial charge in [0.1, 0.15) is 18.0 Å². The molecule has 0 fully saturated rings. The first-order chi connectivity index (χ1) is 12.2. The van der Waals surface area contributed by atoms with E-state index in [-0.39, 0.29) is 6.61 Å². The first-order valence-electron chi connectivity index (χ1n) is 8.18. The minimum atomic E-state index is 0.0127. The molecule has 3 heterocycles. The molecule has 0 amide bonds. The van der Waals surface area contributed by atoms with Gasteiger partial charge in [-0.3, -0.25) is 4.40 Å². The van der Waals surface area contributed by atoms with E-state index in [4.69, 9.17) is 9.84 Å². The zero-order valence-corrected chi connectivity index (χ0v) is 14.0. The van der Waals surface area contributed by atoms with Gasteiger partial charge >= 0.3 is 0 Å². The first kappa shape index (κ1) is 15.5. The fraction of sp³-hybridized carbons (Fsp3) is 0.150. The van der Waals surface area contributed by atoms with Crippen molar-refractivity contribution in [1.82, 2.24) is 14.0 Å². The van der Waals surface area contributed by atoms with E-state index < -0.39 is 0 Å². The Bertz CT molecular complexity index is 999. The van der Waals surface area contributed by atoms with Crippen LogP contribution in [0, 0.1) is 0 Å². The number of fused-ring (bicyclic) bond motifs is 1. The van der Waals surface area contributed by atoms with Crippen molar-refractivity contribution in [3.63, 3.8) is 0 Å². The molecule has 126 valence electrons. The summed E-state index contributed by atoms with van der Waals surface area (Å²) in [5.41, 5.74) is 5.34. The molecule has 0 aliphatic carbocycles. The summed E-state index contributed by atoms with van der Waals surface area (Å²) in [7, 11) is 2.02. The van der Waals surface area contributed by atoms with Gasteiger partial charge in [0.15, 0.2) is 0 Å². The topological polar surface area (TPSA) is 51.7 Å². The summed E-state index contributed by atoms with van der Waals surface area (Å²) in [6, 6.07) is 14.1. The van der Waals surface area contributed by atoms with Gasteiger partial charge in [0.2, 0.25) is 0 Å². The zero-order valence-electron chi connectivity index (χ0n) is 14.0. The number of imidazole rings is 1. The molecule has 0 atom stereocenters. The number of aliphatic hydroxyl groups is 1. The molecular weight excluding hydrogens is 314 g/mol. The number of pyridine rings is 1. The van der Waals surface area contributed by atoms with Crippen molar-refractivity contribution in [2.45, 2.75) is 0 Å². The Balaban J connectivity index is 1.67. The minimum absolute atomic E-state index is 0.0127. The van der Waals surface area contributed by atoms with Crippen LogP contribution in [0.25, 0.3) is 28.0 Å². The van der Waals surface area contributed by atoms with Crippen molar-refractivity contribution < 1.29 is 9.84 Å². The fourth-order valence-corrected chi connectivity index (χ4v) is 2.93. The molecule has 0 aliphatic rings. The van der Waals surface area contributed by atoms with Gasteiger partial charge in [0.25, 0.3) is 0 Å². The van der Waals surface area contributed by atoms with Crippen LogP contribution in [0.5, 0.6) is 5.75 Å². The third-order valence-electron chi connectivity index (χ3n) is 4.19. The lowest BCUT2D eigenvalue weighted by atomic mass is 10.1. The Morgan fingerprint density at radius 3 is 2.52 bits per heavy atom. The second-order valence-corrected chi connectivity index (χ2v) is 5.95. The molecule has 0 saturated carbocycles. The molecule has 25 heavy (non-hydrogen) atoms. The Morgan fingerprint density at radius 1 is 1.00 bits per heavy atom. The third kappa shape index (κ3) is 3.02. The molecule has 4 aromatic rings. The SMILES string of the molecule is Cn1ccc(-c2ccn3c(-c4ccc(OCCO)cc4)cnc3c2)c1. The summed E-state index contributed by atoms with van der Waals surface area (Å²) in [6.45, 7) is 0.315. The fourth-order valence-electron chi connectivity index (χ4n) is 2.93. The van der Waals surface area contributed by atoms with Crippen LogP contribution in [-0.2, 0) is 7.05 Å². The van der Waals surface area contributed by atoms with Gasteiger partial charge in [-0.15, -0.1) is 0 Å². The lowest BCUT2D eigenvalue weighted by Gasteiger charge is -2.06. The average molecular weight is 333 g/mol. The van der Waals surface area contributed by atoms with E-state index in [2.05, 4.69) is 40.0 Å². The summed E-state index contributed by atoms with van der Waals surface area (Å²) in [5, 5.41) is 8.82. The third-order valence-corrected chi connectivity index (χ3v) is 4.19. The lowest BCUT2D eigenvalue weighted by Crippen LogP contribution is -2.01. The summed E-state index contributed by atoms with van der Waals surface area (Å²) >= 11 is 0. The number of benzene rings is 1. The molecule has 0 bridgehead atoms. The van der Waals surface area contributed by atoms with Crippen molar-refractivity contribution in [3.05, 3.63) is 67.3 Å². The minimum Gasteiger partial charge on any atom is -0.491 e. The van der Waals surface area contributed by atoms with E-state index in [0.717, 1.165) is 28.2 Å². The molecule has 1 aromatic carbocycles.